The number of hydrogen-bond acceptors (Lipinski definition) is 2. The van der Waals surface area contributed by atoms with Crippen LogP contribution in [0.25, 0.3) is 11.0 Å². The number of benzene rings is 1. The van der Waals surface area contributed by atoms with Crippen molar-refractivity contribution in [2.45, 2.75) is 19.8 Å². The topological polar surface area (TPSA) is 55.9 Å². The predicted molar refractivity (Wildman–Crippen MR) is 75.2 cm³/mol. The van der Waals surface area contributed by atoms with Crippen molar-refractivity contribution in [3.63, 3.8) is 0 Å². The third-order valence-electron chi connectivity index (χ3n) is 2.70. The molecule has 0 aliphatic carbocycles. The van der Waals surface area contributed by atoms with E-state index in [9.17, 15) is 0 Å². The highest BCUT2D eigenvalue weighted by atomic mass is 32.1. The first-order chi connectivity index (χ1) is 7.99. The maximum absolute atomic E-state index is 5.45. The molecule has 0 aliphatic rings. The SMILES string of the molecule is CC(C)c1nc2cc(NC(N)=S)ccc2n1C. The number of nitrogens with two attached hydrogens (primary N) is 1. The summed E-state index contributed by atoms with van der Waals surface area (Å²) in [7, 11) is 2.03. The first-order valence-electron chi connectivity index (χ1n) is 5.52. The van der Waals surface area contributed by atoms with Crippen LogP contribution in [0.5, 0.6) is 0 Å². The van der Waals surface area contributed by atoms with Crippen molar-refractivity contribution in [3.8, 4) is 0 Å². The van der Waals surface area contributed by atoms with Crippen LogP contribution in [0.4, 0.5) is 5.69 Å². The average Bonchev–Trinajstić information content (AvgIpc) is 2.55. The molecule has 0 saturated heterocycles. The molecule has 2 rings (SSSR count). The van der Waals surface area contributed by atoms with Gasteiger partial charge in [0.25, 0.3) is 0 Å². The van der Waals surface area contributed by atoms with Crippen molar-refractivity contribution in [2.75, 3.05) is 5.32 Å². The van der Waals surface area contributed by atoms with Gasteiger partial charge in [-0.1, -0.05) is 13.8 Å². The molecule has 1 heterocycles. The van der Waals surface area contributed by atoms with Crippen LogP contribution in [-0.4, -0.2) is 14.7 Å². The van der Waals surface area contributed by atoms with E-state index in [0.29, 0.717) is 5.92 Å². The van der Waals surface area contributed by atoms with Gasteiger partial charge in [0.1, 0.15) is 5.82 Å². The van der Waals surface area contributed by atoms with Gasteiger partial charge < -0.3 is 15.6 Å². The summed E-state index contributed by atoms with van der Waals surface area (Å²) < 4.78 is 2.12. The summed E-state index contributed by atoms with van der Waals surface area (Å²) in [5.74, 6) is 1.48. The molecular formula is C12H16N4S. The molecule has 0 saturated carbocycles. The van der Waals surface area contributed by atoms with Gasteiger partial charge >= 0.3 is 0 Å². The van der Waals surface area contributed by atoms with E-state index in [1.54, 1.807) is 0 Å². The van der Waals surface area contributed by atoms with Crippen LogP contribution in [0.15, 0.2) is 18.2 Å². The zero-order valence-corrected chi connectivity index (χ0v) is 11.0. The summed E-state index contributed by atoms with van der Waals surface area (Å²) in [6.07, 6.45) is 0. The molecule has 0 amide bonds. The van der Waals surface area contributed by atoms with E-state index in [4.69, 9.17) is 18.0 Å². The molecule has 0 bridgehead atoms. The smallest absolute Gasteiger partial charge is 0.168 e. The molecule has 4 nitrogen and oxygen atoms in total. The Kier molecular flexibility index (Phi) is 3.02. The van der Waals surface area contributed by atoms with Gasteiger partial charge in [0.15, 0.2) is 5.11 Å². The fraction of sp³-hybridized carbons (Fsp3) is 0.333. The Labute approximate surface area is 106 Å². The lowest BCUT2D eigenvalue weighted by Crippen LogP contribution is -2.18. The van der Waals surface area contributed by atoms with Gasteiger partial charge in [-0.3, -0.25) is 0 Å². The number of thiocarbonyl (C=S) groups is 1. The number of aromatic nitrogens is 2. The fourth-order valence-corrected chi connectivity index (χ4v) is 2.07. The second-order valence-corrected chi connectivity index (χ2v) is 4.82. The van der Waals surface area contributed by atoms with Crippen LogP contribution in [0.3, 0.4) is 0 Å². The van der Waals surface area contributed by atoms with E-state index in [0.717, 1.165) is 22.5 Å². The van der Waals surface area contributed by atoms with Crippen molar-refractivity contribution >= 4 is 34.1 Å². The molecule has 1 aromatic heterocycles. The minimum atomic E-state index is 0.268. The lowest BCUT2D eigenvalue weighted by atomic mass is 10.2. The number of anilines is 1. The Morgan fingerprint density at radius 2 is 2.18 bits per heavy atom. The minimum Gasteiger partial charge on any atom is -0.376 e. The highest BCUT2D eigenvalue weighted by Crippen LogP contribution is 2.23. The monoisotopic (exact) mass is 248 g/mol. The number of nitrogens with one attached hydrogen (secondary N) is 1. The molecule has 5 heteroatoms. The summed E-state index contributed by atoms with van der Waals surface area (Å²) >= 11 is 4.81. The van der Waals surface area contributed by atoms with Crippen molar-refractivity contribution in [2.24, 2.45) is 12.8 Å². The van der Waals surface area contributed by atoms with E-state index in [1.165, 1.54) is 0 Å². The molecule has 0 unspecified atom stereocenters. The van der Waals surface area contributed by atoms with Crippen LogP contribution >= 0.6 is 12.2 Å². The Hall–Kier alpha value is -1.62. The van der Waals surface area contributed by atoms with Gasteiger partial charge in [-0.15, -0.1) is 0 Å². The largest absolute Gasteiger partial charge is 0.376 e. The van der Waals surface area contributed by atoms with E-state index >= 15 is 0 Å². The Balaban J connectivity index is 2.51. The summed E-state index contributed by atoms with van der Waals surface area (Å²) in [5, 5.41) is 3.18. The molecule has 0 atom stereocenters. The van der Waals surface area contributed by atoms with E-state index in [1.807, 2.05) is 25.2 Å². The number of fused-ring (bicyclic) bond motifs is 1. The summed E-state index contributed by atoms with van der Waals surface area (Å²) in [6.45, 7) is 4.27. The average molecular weight is 248 g/mol. The minimum absolute atomic E-state index is 0.268. The molecule has 0 radical (unpaired) electrons. The lowest BCUT2D eigenvalue weighted by molar-refractivity contribution is 0.722. The van der Waals surface area contributed by atoms with E-state index < -0.39 is 0 Å². The van der Waals surface area contributed by atoms with Crippen LogP contribution in [0.2, 0.25) is 0 Å². The fourth-order valence-electron chi connectivity index (χ4n) is 1.95. The maximum Gasteiger partial charge on any atom is 0.168 e. The third-order valence-corrected chi connectivity index (χ3v) is 2.80. The first-order valence-corrected chi connectivity index (χ1v) is 5.92. The second kappa shape index (κ2) is 4.33. The molecular weight excluding hydrogens is 232 g/mol. The molecule has 0 aliphatic heterocycles. The summed E-state index contributed by atoms with van der Waals surface area (Å²) in [6, 6.07) is 5.93. The zero-order chi connectivity index (χ0) is 12.6. The summed E-state index contributed by atoms with van der Waals surface area (Å²) in [5.41, 5.74) is 8.39. The number of imidazole rings is 1. The van der Waals surface area contributed by atoms with E-state index in [2.05, 4.69) is 28.7 Å². The lowest BCUT2D eigenvalue weighted by Gasteiger charge is -2.05. The predicted octanol–water partition coefficient (Wildman–Crippen LogP) is 2.35. The van der Waals surface area contributed by atoms with Crippen molar-refractivity contribution < 1.29 is 0 Å². The maximum atomic E-state index is 5.45. The molecule has 0 spiro atoms. The number of nitrogens with zero attached hydrogens (tertiary/aromatic N) is 2. The van der Waals surface area contributed by atoms with Gasteiger partial charge in [-0.2, -0.15) is 0 Å². The highest BCUT2D eigenvalue weighted by Gasteiger charge is 2.11. The molecule has 2 aromatic rings. The van der Waals surface area contributed by atoms with Crippen LogP contribution in [0, 0.1) is 0 Å². The molecule has 3 N–H and O–H groups in total. The third kappa shape index (κ3) is 2.24. The van der Waals surface area contributed by atoms with Crippen molar-refractivity contribution in [3.05, 3.63) is 24.0 Å². The Morgan fingerprint density at radius 3 is 2.76 bits per heavy atom. The van der Waals surface area contributed by atoms with Gasteiger partial charge in [-0.25, -0.2) is 4.98 Å². The molecule has 0 fully saturated rings. The van der Waals surface area contributed by atoms with Crippen LogP contribution in [0.1, 0.15) is 25.6 Å². The normalized spacial score (nSPS) is 11.1. The van der Waals surface area contributed by atoms with Crippen LogP contribution in [-0.2, 0) is 7.05 Å². The standard InChI is InChI=1S/C12H16N4S/c1-7(2)11-15-9-6-8(14-12(13)17)4-5-10(9)16(11)3/h4-7H,1-3H3,(H3,13,14,17). The van der Waals surface area contributed by atoms with Crippen LogP contribution < -0.4 is 11.1 Å². The van der Waals surface area contributed by atoms with Gasteiger partial charge in [0.2, 0.25) is 0 Å². The van der Waals surface area contributed by atoms with Gasteiger partial charge in [0, 0.05) is 18.7 Å². The van der Waals surface area contributed by atoms with E-state index in [-0.39, 0.29) is 5.11 Å². The van der Waals surface area contributed by atoms with Crippen molar-refractivity contribution in [1.29, 1.82) is 0 Å². The second-order valence-electron chi connectivity index (χ2n) is 4.38. The molecule has 90 valence electrons. The molecule has 17 heavy (non-hydrogen) atoms. The quantitative estimate of drug-likeness (QED) is 0.801. The van der Waals surface area contributed by atoms with Crippen molar-refractivity contribution in [1.82, 2.24) is 9.55 Å². The number of hydrogen-bond donors (Lipinski definition) is 2. The highest BCUT2D eigenvalue weighted by molar-refractivity contribution is 7.80. The Morgan fingerprint density at radius 1 is 1.47 bits per heavy atom. The number of aryl methyl sites for hydroxylation is 1. The van der Waals surface area contributed by atoms with Gasteiger partial charge in [0.05, 0.1) is 11.0 Å². The Bertz CT molecular complexity index is 571. The van der Waals surface area contributed by atoms with Gasteiger partial charge in [-0.05, 0) is 30.4 Å². The first kappa shape index (κ1) is 11.9. The summed E-state index contributed by atoms with van der Waals surface area (Å²) in [4.78, 5) is 4.62. The number of rotatable bonds is 2. The molecule has 1 aromatic carbocycles. The zero-order valence-electron chi connectivity index (χ0n) is 10.2.